The average molecular weight is 706 g/mol. The van der Waals surface area contributed by atoms with Crippen molar-refractivity contribution in [3.63, 3.8) is 0 Å². The fourth-order valence-electron chi connectivity index (χ4n) is 7.49. The zero-order valence-electron chi connectivity index (χ0n) is 28.3. The highest BCUT2D eigenvalue weighted by Crippen LogP contribution is 2.45. The molecule has 3 fully saturated rings. The van der Waals surface area contributed by atoms with E-state index in [2.05, 4.69) is 15.7 Å². The van der Waals surface area contributed by atoms with Gasteiger partial charge in [0.25, 0.3) is 0 Å². The molecule has 0 aromatic carbocycles. The van der Waals surface area contributed by atoms with E-state index in [0.717, 1.165) is 55.3 Å². The van der Waals surface area contributed by atoms with Crippen molar-refractivity contribution in [2.45, 2.75) is 107 Å². The van der Waals surface area contributed by atoms with E-state index in [0.29, 0.717) is 35.8 Å². The van der Waals surface area contributed by atoms with Crippen LogP contribution in [0.5, 0.6) is 5.88 Å². The number of fused-ring (bicyclic) bond motifs is 3. The lowest BCUT2D eigenvalue weighted by molar-refractivity contribution is -0.145. The lowest BCUT2D eigenvalue weighted by Gasteiger charge is -2.29. The fourth-order valence-corrected chi connectivity index (χ4v) is 8.25. The number of nitrogens with zero attached hydrogens (tertiary/aromatic N) is 5. The molecule has 7 rings (SSSR count). The van der Waals surface area contributed by atoms with Crippen molar-refractivity contribution in [2.24, 2.45) is 13.0 Å². The Morgan fingerprint density at radius 3 is 2.66 bits per heavy atom. The molecule has 0 bridgehead atoms. The van der Waals surface area contributed by atoms with Crippen LogP contribution in [0.15, 0.2) is 29.7 Å². The first-order chi connectivity index (χ1) is 24.1. The number of aliphatic carboxylic acids is 1. The lowest BCUT2D eigenvalue weighted by atomic mass is 10.0. The number of carboxylic acids is 1. The highest BCUT2D eigenvalue weighted by atomic mass is 32.1. The Morgan fingerprint density at radius 2 is 1.90 bits per heavy atom. The summed E-state index contributed by atoms with van der Waals surface area (Å²) in [6.07, 6.45) is 9.79. The number of aryl methyl sites for hydroxylation is 2. The van der Waals surface area contributed by atoms with Crippen molar-refractivity contribution in [3.05, 3.63) is 35.4 Å². The summed E-state index contributed by atoms with van der Waals surface area (Å²) in [5.41, 5.74) is 0.777. The molecule has 3 aromatic rings. The smallest absolute Gasteiger partial charge is 0.408 e. The van der Waals surface area contributed by atoms with Crippen molar-refractivity contribution in [1.82, 2.24) is 35.3 Å². The second kappa shape index (κ2) is 14.0. The molecular weight excluding hydrogens is 662 g/mol. The summed E-state index contributed by atoms with van der Waals surface area (Å²) in [7, 11) is 1.81. The second-order valence-electron chi connectivity index (χ2n) is 13.9. The molecule has 14 nitrogen and oxygen atoms in total. The Morgan fingerprint density at radius 1 is 1.10 bits per heavy atom. The van der Waals surface area contributed by atoms with Gasteiger partial charge in [0, 0.05) is 19.4 Å². The van der Waals surface area contributed by atoms with Crippen LogP contribution in [0.2, 0.25) is 0 Å². The van der Waals surface area contributed by atoms with Gasteiger partial charge in [-0.15, -0.1) is 11.3 Å². The maximum absolute atomic E-state index is 14.4. The normalized spacial score (nSPS) is 28.2. The van der Waals surface area contributed by atoms with Gasteiger partial charge in [-0.05, 0) is 75.8 Å². The number of alkyl carbamates (subject to hydrolysis) is 1. The largest absolute Gasteiger partial charge is 0.479 e. The van der Waals surface area contributed by atoms with Gasteiger partial charge in [-0.2, -0.15) is 10.1 Å². The highest BCUT2D eigenvalue weighted by molar-refractivity contribution is 7.17. The standard InChI is InChI=1S/C35H43N7O7S/c1-20-16-26(41(2)40-20)29-36-24-14-15-50-28(24)31(38-29)48-23-17-27-30(43)39-35(33(45)46)18-21(35)10-6-4-3-5-7-13-25(32(44)42(27)19-23)37-34(47)49-22-11-8-9-12-22/h6,10,14-16,21-23,25,27H,3-5,7-9,11-13,17-19H2,1-2H3,(H,37,47)(H,39,43)(H,45,46)/b10-6-/t21-,23-,25+,27+,35-/m1/s1. The minimum atomic E-state index is -1.43. The lowest BCUT2D eigenvalue weighted by Crippen LogP contribution is -2.56. The van der Waals surface area contributed by atoms with Gasteiger partial charge in [-0.25, -0.2) is 14.6 Å². The zero-order valence-corrected chi connectivity index (χ0v) is 29.1. The summed E-state index contributed by atoms with van der Waals surface area (Å²) in [5, 5.41) is 22.1. The summed E-state index contributed by atoms with van der Waals surface area (Å²) in [5.74, 6) is -1.70. The molecule has 1 saturated heterocycles. The molecule has 50 heavy (non-hydrogen) atoms. The third-order valence-corrected chi connectivity index (χ3v) is 11.2. The number of nitrogens with one attached hydrogen (secondary N) is 2. The predicted molar refractivity (Wildman–Crippen MR) is 183 cm³/mol. The number of aromatic nitrogens is 4. The number of thiophene rings is 1. The summed E-state index contributed by atoms with van der Waals surface area (Å²) in [6.45, 7) is 1.92. The number of hydrogen-bond acceptors (Lipinski definition) is 10. The highest BCUT2D eigenvalue weighted by Gasteiger charge is 2.61. The minimum Gasteiger partial charge on any atom is -0.479 e. The molecule has 3 aromatic heterocycles. The molecule has 3 amide bonds. The Balaban J connectivity index is 1.18. The van der Waals surface area contributed by atoms with Crippen LogP contribution in [-0.4, -0.2) is 90.0 Å². The van der Waals surface area contributed by atoms with Gasteiger partial charge < -0.3 is 30.1 Å². The number of rotatable bonds is 6. The summed E-state index contributed by atoms with van der Waals surface area (Å²) in [6, 6.07) is 1.80. The summed E-state index contributed by atoms with van der Waals surface area (Å²) in [4.78, 5) is 64.9. The molecule has 0 radical (unpaired) electrons. The third kappa shape index (κ3) is 6.92. The first-order valence-electron chi connectivity index (χ1n) is 17.5. The number of amides is 3. The topological polar surface area (TPSA) is 178 Å². The first-order valence-corrected chi connectivity index (χ1v) is 18.4. The quantitative estimate of drug-likeness (QED) is 0.314. The number of hydrogen-bond donors (Lipinski definition) is 3. The monoisotopic (exact) mass is 705 g/mol. The second-order valence-corrected chi connectivity index (χ2v) is 14.8. The molecule has 4 aliphatic rings. The predicted octanol–water partition coefficient (Wildman–Crippen LogP) is 4.27. The first kappa shape index (κ1) is 33.9. The third-order valence-electron chi connectivity index (χ3n) is 10.3. The van der Waals surface area contributed by atoms with E-state index >= 15 is 0 Å². The van der Waals surface area contributed by atoms with Crippen LogP contribution in [0.4, 0.5) is 4.79 Å². The zero-order chi connectivity index (χ0) is 35.0. The maximum atomic E-state index is 14.4. The molecule has 2 aliphatic heterocycles. The van der Waals surface area contributed by atoms with E-state index in [1.54, 1.807) is 4.68 Å². The van der Waals surface area contributed by atoms with E-state index in [9.17, 15) is 24.3 Å². The number of ether oxygens (including phenoxy) is 2. The van der Waals surface area contributed by atoms with E-state index in [-0.39, 0.29) is 31.4 Å². The number of carbonyl (C=O) groups excluding carboxylic acids is 3. The number of carboxylic acid groups (broad SMARTS) is 1. The Kier molecular flexibility index (Phi) is 9.51. The molecule has 0 unspecified atom stereocenters. The molecule has 2 saturated carbocycles. The van der Waals surface area contributed by atoms with Crippen LogP contribution in [0.1, 0.15) is 76.3 Å². The van der Waals surface area contributed by atoms with Crippen LogP contribution >= 0.6 is 11.3 Å². The van der Waals surface area contributed by atoms with Crippen molar-refractivity contribution in [1.29, 1.82) is 0 Å². The van der Waals surface area contributed by atoms with Gasteiger partial charge in [-0.3, -0.25) is 14.3 Å². The van der Waals surface area contributed by atoms with Crippen LogP contribution in [0, 0.1) is 12.8 Å². The van der Waals surface area contributed by atoms with Crippen molar-refractivity contribution in [3.8, 4) is 17.4 Å². The van der Waals surface area contributed by atoms with Crippen LogP contribution < -0.4 is 15.4 Å². The Bertz CT molecular complexity index is 1820. The Hall–Kier alpha value is -4.53. The molecule has 0 spiro atoms. The maximum Gasteiger partial charge on any atom is 0.408 e. The Labute approximate surface area is 293 Å². The molecule has 3 N–H and O–H groups in total. The van der Waals surface area contributed by atoms with Gasteiger partial charge in [0.1, 0.15) is 40.2 Å². The minimum absolute atomic E-state index is 0.0349. The van der Waals surface area contributed by atoms with Crippen molar-refractivity contribution >= 4 is 45.4 Å². The van der Waals surface area contributed by atoms with E-state index in [1.807, 2.05) is 43.6 Å². The summed E-state index contributed by atoms with van der Waals surface area (Å²) < 4.78 is 14.6. The number of allylic oxidation sites excluding steroid dienone is 1. The van der Waals surface area contributed by atoms with Gasteiger partial charge in [0.05, 0.1) is 17.8 Å². The van der Waals surface area contributed by atoms with E-state index in [4.69, 9.17) is 19.4 Å². The fraction of sp³-hybridized carbons (Fsp3) is 0.571. The molecule has 5 atom stereocenters. The number of carbonyl (C=O) groups is 4. The van der Waals surface area contributed by atoms with Crippen LogP contribution in [0.25, 0.3) is 21.7 Å². The van der Waals surface area contributed by atoms with E-state index in [1.165, 1.54) is 16.2 Å². The molecule has 15 heteroatoms. The van der Waals surface area contributed by atoms with Gasteiger partial charge in [-0.1, -0.05) is 25.0 Å². The molecule has 2 aliphatic carbocycles. The van der Waals surface area contributed by atoms with Gasteiger partial charge in [0.2, 0.25) is 17.7 Å². The SMILES string of the molecule is Cc1cc(-c2nc(O[C@@H]3C[C@H]4C(=O)N[C@]5(C(=O)O)C[C@H]5/C=C\CCCCC[C@H](NC(=O)OC5CCCC5)C(=O)N4C3)c3sccc3n2)n(C)n1. The van der Waals surface area contributed by atoms with Crippen molar-refractivity contribution < 1.29 is 33.8 Å². The summed E-state index contributed by atoms with van der Waals surface area (Å²) >= 11 is 1.42. The van der Waals surface area contributed by atoms with Crippen LogP contribution in [0.3, 0.4) is 0 Å². The van der Waals surface area contributed by atoms with Crippen molar-refractivity contribution in [2.75, 3.05) is 6.54 Å². The molecule has 5 heterocycles. The average Bonchev–Trinajstić information content (AvgIpc) is 3.64. The molecular formula is C35H43N7O7S. The molecule has 266 valence electrons. The van der Waals surface area contributed by atoms with Crippen LogP contribution in [-0.2, 0) is 26.2 Å². The van der Waals surface area contributed by atoms with Gasteiger partial charge in [0.15, 0.2) is 5.82 Å². The van der Waals surface area contributed by atoms with E-state index < -0.39 is 47.6 Å². The van der Waals surface area contributed by atoms with Gasteiger partial charge >= 0.3 is 12.1 Å².